The van der Waals surface area contributed by atoms with Crippen molar-refractivity contribution in [3.8, 4) is 33.4 Å². The van der Waals surface area contributed by atoms with Gasteiger partial charge < -0.3 is 65.3 Å². The van der Waals surface area contributed by atoms with Crippen LogP contribution in [-0.2, 0) is 31.8 Å². The summed E-state index contributed by atoms with van der Waals surface area (Å²) in [6.07, 6.45) is 10.5. The van der Waals surface area contributed by atoms with Crippen molar-refractivity contribution in [1.82, 2.24) is 30.1 Å². The molecule has 0 bridgehead atoms. The molecule has 696 valence electrons. The molecule has 0 atom stereocenters. The summed E-state index contributed by atoms with van der Waals surface area (Å²) in [6.45, 7) is 31.5. The van der Waals surface area contributed by atoms with E-state index < -0.39 is 40.6 Å². The van der Waals surface area contributed by atoms with Crippen LogP contribution in [0.4, 0.5) is 59.0 Å². The molecule has 18 rings (SSSR count). The normalized spacial score (nSPS) is 15.2. The molecule has 0 radical (unpaired) electrons. The van der Waals surface area contributed by atoms with Crippen LogP contribution in [0.2, 0.25) is 0 Å². The molecular weight excluding hydrogens is 1680 g/mol. The molecule has 4 amide bonds. The zero-order valence-corrected chi connectivity index (χ0v) is 78.8. The van der Waals surface area contributed by atoms with E-state index in [0.29, 0.717) is 96.5 Å². The number of amides is 4. The average molecular weight is 1810 g/mol. The Morgan fingerprint density at radius 1 is 0.366 bits per heavy atom. The monoisotopic (exact) mass is 1810 g/mol. The third kappa shape index (κ3) is 24.7. The third-order valence-corrected chi connectivity index (χ3v) is 24.1. The Kier molecular flexibility index (Phi) is 28.7. The molecule has 3 aliphatic carbocycles. The Hall–Kier alpha value is -13.9. The van der Waals surface area contributed by atoms with E-state index in [0.717, 1.165) is 148 Å². The van der Waals surface area contributed by atoms with Gasteiger partial charge in [0.25, 0.3) is 0 Å². The Morgan fingerprint density at radius 3 is 1.07 bits per heavy atom. The van der Waals surface area contributed by atoms with E-state index in [1.807, 2.05) is 235 Å². The summed E-state index contributed by atoms with van der Waals surface area (Å²) in [5, 5.41) is 21.0. The highest BCUT2D eigenvalue weighted by Gasteiger charge is 2.37. The van der Waals surface area contributed by atoms with E-state index >= 15 is 0 Å². The van der Waals surface area contributed by atoms with Gasteiger partial charge in [0.2, 0.25) is 0 Å². The molecule has 6 aliphatic rings. The minimum absolute atomic E-state index is 0.0375. The van der Waals surface area contributed by atoms with Crippen molar-refractivity contribution in [1.29, 1.82) is 0 Å². The van der Waals surface area contributed by atoms with Gasteiger partial charge in [0.15, 0.2) is 11.6 Å². The molecule has 8 N–H and O–H groups in total. The number of carboxylic acid groups (broad SMARTS) is 1. The van der Waals surface area contributed by atoms with Crippen LogP contribution in [0.25, 0.3) is 66.1 Å². The molecule has 0 spiro atoms. The van der Waals surface area contributed by atoms with E-state index in [1.54, 1.807) is 34.3 Å². The number of nitrogens with one attached hydrogen (secondary N) is 3. The number of piperazine rings is 3. The van der Waals surface area contributed by atoms with E-state index in [-0.39, 0.29) is 42.2 Å². The fraction of sp³-hybridized carbons (Fsp3) is 0.358. The number of benzene rings is 9. The number of anilines is 7. The second kappa shape index (κ2) is 40.6. The summed E-state index contributed by atoms with van der Waals surface area (Å²) in [6, 6.07) is 65.4. The number of ether oxygens (including phenoxy) is 4. The molecule has 6 heterocycles. The number of fused-ring (bicyclic) bond motifs is 3. The zero-order chi connectivity index (χ0) is 94.9. The Bertz CT molecular complexity index is 6310. The molecule has 25 nitrogen and oxygen atoms in total. The van der Waals surface area contributed by atoms with Crippen LogP contribution in [0.5, 0.6) is 0 Å². The predicted molar refractivity (Wildman–Crippen MR) is 533 cm³/mol. The van der Waals surface area contributed by atoms with E-state index in [1.165, 1.54) is 41.4 Å². The topological polar surface area (TPSA) is 320 Å². The number of aromatic carboxylic acids is 1. The van der Waals surface area contributed by atoms with Crippen LogP contribution < -0.4 is 42.1 Å². The summed E-state index contributed by atoms with van der Waals surface area (Å²) < 4.78 is 21.8. The first-order valence-corrected chi connectivity index (χ1v) is 46.6. The minimum atomic E-state index is -0.963. The maximum Gasteiger partial charge on any atom is 0.412 e. The lowest BCUT2D eigenvalue weighted by atomic mass is 9.96. The van der Waals surface area contributed by atoms with Crippen molar-refractivity contribution in [3.63, 3.8) is 0 Å². The Balaban J connectivity index is 0.000000142. The number of carboxylic acids is 1. The van der Waals surface area contributed by atoms with Crippen molar-refractivity contribution in [2.75, 3.05) is 115 Å². The van der Waals surface area contributed by atoms with Gasteiger partial charge in [0.1, 0.15) is 22.4 Å². The SMILES string of the molecule is CC(C)(C)OC(=O)N1CCN(c2ccc3cc(C(=O)O)cnc3c2C2CC2)CC1.CC(C)(C)OC(=O)Nc1ccc(-c2ccccc2)cc1CC(=O)c1cnc2c(C3CC3)c(N3CCN(C(=O)OC(C)(C)C)CC3)ccc2c1.CC(C)(C)OC(=O)Nc1ccc(-c2ccccc2)cc1N.Nc1ccc(-c2ccccc2)cc1CC(=O)c1cnc2c(C3CC3)c(N3CCNCC3)ccc2c1. The number of rotatable bonds is 18. The highest BCUT2D eigenvalue weighted by Crippen LogP contribution is 2.51. The van der Waals surface area contributed by atoms with Crippen molar-refractivity contribution in [2.24, 2.45) is 0 Å². The van der Waals surface area contributed by atoms with Gasteiger partial charge in [-0.1, -0.05) is 127 Å². The fourth-order valence-electron chi connectivity index (χ4n) is 17.1. The van der Waals surface area contributed by atoms with Gasteiger partial charge in [-0.05, 0) is 257 Å². The second-order valence-corrected chi connectivity index (χ2v) is 39.3. The first-order valence-electron chi connectivity index (χ1n) is 46.6. The number of carbonyl (C=O) groups is 7. The van der Waals surface area contributed by atoms with Crippen LogP contribution in [-0.4, -0.2) is 173 Å². The number of nitrogens with zero attached hydrogens (tertiary/aromatic N) is 8. The van der Waals surface area contributed by atoms with Crippen LogP contribution in [0, 0.1) is 0 Å². The number of hydrogen-bond acceptors (Lipinski definition) is 20. The summed E-state index contributed by atoms with van der Waals surface area (Å²) in [4.78, 5) is 113. The summed E-state index contributed by atoms with van der Waals surface area (Å²) in [7, 11) is 0. The molecule has 3 saturated heterocycles. The largest absolute Gasteiger partial charge is 0.478 e. The first kappa shape index (κ1) is 94.7. The summed E-state index contributed by atoms with van der Waals surface area (Å²) >= 11 is 0. The standard InChI is InChI=1S/C40H46N4O5.C30H30N4O.C22H27N3O4.C17H20N2O2/c1-39(2,3)48-37(46)42-32-16-14-28(26-10-8-7-9-11-26)22-30(32)24-34(45)31-23-29-15-17-33(35(27-12-13-27)36(29)41-25-31)43-18-20-44(21-19-43)38(47)49-40(4,5)6;31-26-10-8-22(20-4-2-1-3-5-20)16-24(26)18-28(35)25-17-23-9-11-27(34-14-12-32-13-15-34)29(21-6-7-21)30(23)33-19-25;1-22(2,3)29-21(28)25-10-8-24(9-11-25)17-7-6-15-12-16(20(26)27)13-23-19(15)18(17)14-4-5-14;1-17(2,3)21-16(20)19-15-10-9-13(11-14(15)18)12-7-5-4-6-8-12/h7-11,14-17,22-23,25,27H,12-13,18-21,24H2,1-6H3,(H,42,46);1-5,8-11,16-17,19,21,32H,6-7,12-15,18,31H2;6-7,12-14H,4-5,8-11H2,1-3H3,(H,26,27);4-11H,18H2,1-3H3,(H,19,20). The highest BCUT2D eigenvalue weighted by molar-refractivity contribution is 6.04. The number of carbonyl (C=O) groups excluding carboxylic acids is 6. The van der Waals surface area contributed by atoms with Gasteiger partial charge in [-0.2, -0.15) is 0 Å². The minimum Gasteiger partial charge on any atom is -0.478 e. The Labute approximate surface area is 784 Å². The van der Waals surface area contributed by atoms with Gasteiger partial charge in [0, 0.05) is 182 Å². The van der Waals surface area contributed by atoms with Gasteiger partial charge in [-0.25, -0.2) is 24.0 Å². The number of nitrogens with two attached hydrogens (primary N) is 2. The van der Waals surface area contributed by atoms with Crippen LogP contribution in [0.1, 0.15) is 198 Å². The quantitative estimate of drug-likeness (QED) is 0.0264. The van der Waals surface area contributed by atoms with Crippen molar-refractivity contribution >= 4 is 114 Å². The van der Waals surface area contributed by atoms with E-state index in [9.17, 15) is 38.7 Å². The van der Waals surface area contributed by atoms with Crippen molar-refractivity contribution < 1.29 is 57.6 Å². The molecule has 3 saturated carbocycles. The smallest absolute Gasteiger partial charge is 0.412 e. The van der Waals surface area contributed by atoms with E-state index in [2.05, 4.69) is 72.0 Å². The lowest BCUT2D eigenvalue weighted by Crippen LogP contribution is -2.50. The summed E-state index contributed by atoms with van der Waals surface area (Å²) in [5.74, 6) is 0.463. The summed E-state index contributed by atoms with van der Waals surface area (Å²) in [5.41, 5.74) is 31.7. The predicted octanol–water partition coefficient (Wildman–Crippen LogP) is 22.0. The molecule has 6 fully saturated rings. The lowest BCUT2D eigenvalue weighted by molar-refractivity contribution is 0.0230. The highest BCUT2D eigenvalue weighted by atomic mass is 16.6. The van der Waals surface area contributed by atoms with Crippen molar-refractivity contribution in [3.05, 3.63) is 263 Å². The number of ketones is 2. The molecule has 134 heavy (non-hydrogen) atoms. The van der Waals surface area contributed by atoms with Gasteiger partial charge in [-0.15, -0.1) is 0 Å². The van der Waals surface area contributed by atoms with Gasteiger partial charge >= 0.3 is 30.3 Å². The lowest BCUT2D eigenvalue weighted by Gasteiger charge is -2.37. The maximum absolute atomic E-state index is 13.9. The Morgan fingerprint density at radius 2 is 0.701 bits per heavy atom. The molecule has 3 aromatic heterocycles. The molecule has 3 aliphatic heterocycles. The van der Waals surface area contributed by atoms with Crippen LogP contribution in [0.3, 0.4) is 0 Å². The molecule has 12 aromatic rings. The average Bonchev–Trinajstić information content (AvgIpc) is 1.54. The van der Waals surface area contributed by atoms with Gasteiger partial charge in [0.05, 0.1) is 33.5 Å². The number of nitrogen functional groups attached to an aromatic ring is 2. The molecule has 9 aromatic carbocycles. The number of hydrogen-bond donors (Lipinski definition) is 6. The fourth-order valence-corrected chi connectivity index (χ4v) is 17.1. The maximum atomic E-state index is 13.9. The third-order valence-electron chi connectivity index (χ3n) is 24.1. The number of pyridine rings is 3. The number of Topliss-reactive ketones (excluding diaryl/α,β-unsaturated/α-hetero) is 2. The van der Waals surface area contributed by atoms with Gasteiger partial charge in [-0.3, -0.25) is 35.2 Å². The second-order valence-electron chi connectivity index (χ2n) is 39.3. The van der Waals surface area contributed by atoms with Crippen molar-refractivity contribution in [2.45, 2.75) is 175 Å². The van der Waals surface area contributed by atoms with E-state index in [4.69, 9.17) is 40.4 Å². The van der Waals surface area contributed by atoms with Crippen LogP contribution >= 0.6 is 0 Å². The molecule has 25 heteroatoms. The molecule has 0 unspecified atom stereocenters. The number of aromatic nitrogens is 3. The first-order chi connectivity index (χ1) is 64.0. The van der Waals surface area contributed by atoms with Crippen LogP contribution in [0.15, 0.2) is 219 Å². The molecular formula is C109H123N13O12. The zero-order valence-electron chi connectivity index (χ0n) is 78.8.